The molecule has 1 aromatic heterocycles. The molecule has 0 aliphatic heterocycles. The highest BCUT2D eigenvalue weighted by molar-refractivity contribution is 6.35. The third-order valence-electron chi connectivity index (χ3n) is 1.34. The van der Waals surface area contributed by atoms with Crippen molar-refractivity contribution < 1.29 is 18.7 Å². The summed E-state index contributed by atoms with van der Waals surface area (Å²) in [4.78, 5) is 16.6. The first-order chi connectivity index (χ1) is 6.37. The lowest BCUT2D eigenvalue weighted by Gasteiger charge is -2.12. The Kier molecular flexibility index (Phi) is 2.86. The predicted octanol–water partition coefficient (Wildman–Crippen LogP) is 1.96. The molecule has 0 saturated carbocycles. The van der Waals surface area contributed by atoms with E-state index in [1.54, 1.807) is 0 Å². The molecule has 1 rings (SSSR count). The number of nitrogens with zero attached hydrogens (tertiary/aromatic N) is 2. The lowest BCUT2D eigenvalue weighted by molar-refractivity contribution is -0.166. The molecule has 0 radical (unpaired) electrons. The number of alkyl halides is 2. The van der Waals surface area contributed by atoms with Crippen molar-refractivity contribution >= 4 is 29.2 Å². The van der Waals surface area contributed by atoms with E-state index in [1.807, 2.05) is 0 Å². The van der Waals surface area contributed by atoms with Crippen LogP contribution in [0.15, 0.2) is 6.33 Å². The highest BCUT2D eigenvalue weighted by Gasteiger charge is 2.45. The number of halogens is 4. The van der Waals surface area contributed by atoms with Crippen LogP contribution in [0.2, 0.25) is 10.3 Å². The van der Waals surface area contributed by atoms with Gasteiger partial charge in [0.2, 0.25) is 0 Å². The van der Waals surface area contributed by atoms with Crippen LogP contribution in [-0.4, -0.2) is 21.0 Å². The van der Waals surface area contributed by atoms with Gasteiger partial charge in [-0.1, -0.05) is 23.2 Å². The van der Waals surface area contributed by atoms with Crippen molar-refractivity contribution in [3.63, 3.8) is 0 Å². The maximum atomic E-state index is 13.0. The van der Waals surface area contributed by atoms with Crippen molar-refractivity contribution in [2.75, 3.05) is 0 Å². The topological polar surface area (TPSA) is 63.1 Å². The van der Waals surface area contributed by atoms with Crippen LogP contribution < -0.4 is 0 Å². The summed E-state index contributed by atoms with van der Waals surface area (Å²) in [6.07, 6.45) is 0.853. The molecule has 4 nitrogen and oxygen atoms in total. The zero-order valence-electron chi connectivity index (χ0n) is 6.34. The summed E-state index contributed by atoms with van der Waals surface area (Å²) in [5.41, 5.74) is -1.10. The zero-order valence-corrected chi connectivity index (χ0v) is 7.85. The third kappa shape index (κ3) is 1.76. The van der Waals surface area contributed by atoms with Crippen LogP contribution in [0, 0.1) is 0 Å². The van der Waals surface area contributed by atoms with Crippen LogP contribution in [-0.2, 0) is 10.7 Å². The number of carboxylic acids is 1. The van der Waals surface area contributed by atoms with Gasteiger partial charge >= 0.3 is 11.9 Å². The average molecular weight is 243 g/mol. The van der Waals surface area contributed by atoms with Gasteiger partial charge in [0.25, 0.3) is 0 Å². The van der Waals surface area contributed by atoms with Crippen molar-refractivity contribution in [1.29, 1.82) is 0 Å². The smallest absolute Gasteiger partial charge is 0.379 e. The maximum Gasteiger partial charge on any atom is 0.379 e. The minimum absolute atomic E-state index is 0.683. The zero-order chi connectivity index (χ0) is 10.9. The number of hydrogen-bond donors (Lipinski definition) is 1. The largest absolute Gasteiger partial charge is 0.477 e. The van der Waals surface area contributed by atoms with Gasteiger partial charge in [0.05, 0.1) is 0 Å². The molecule has 0 aliphatic carbocycles. The Balaban J connectivity index is 3.38. The van der Waals surface area contributed by atoms with Crippen molar-refractivity contribution in [3.05, 3.63) is 22.2 Å². The Hall–Kier alpha value is -1.01. The molecule has 0 fully saturated rings. The van der Waals surface area contributed by atoms with Crippen LogP contribution in [0.1, 0.15) is 5.56 Å². The normalized spacial score (nSPS) is 11.4. The highest BCUT2D eigenvalue weighted by Crippen LogP contribution is 2.36. The molecule has 0 unspecified atom stereocenters. The van der Waals surface area contributed by atoms with E-state index in [9.17, 15) is 13.6 Å². The summed E-state index contributed by atoms with van der Waals surface area (Å²) in [6, 6.07) is 0. The molecule has 0 bridgehead atoms. The number of rotatable bonds is 2. The van der Waals surface area contributed by atoms with E-state index in [2.05, 4.69) is 9.97 Å². The Labute approximate surface area is 86.5 Å². The molecule has 0 amide bonds. The summed E-state index contributed by atoms with van der Waals surface area (Å²) in [6.45, 7) is 0. The van der Waals surface area contributed by atoms with E-state index in [0.29, 0.717) is 0 Å². The molecule has 8 heteroatoms. The van der Waals surface area contributed by atoms with Crippen LogP contribution in [0.25, 0.3) is 0 Å². The van der Waals surface area contributed by atoms with E-state index in [0.717, 1.165) is 6.33 Å². The quantitative estimate of drug-likeness (QED) is 0.806. The minimum atomic E-state index is -4.20. The van der Waals surface area contributed by atoms with E-state index < -0.39 is 27.8 Å². The second-order valence-corrected chi connectivity index (χ2v) is 2.93. The molecule has 0 saturated heterocycles. The summed E-state index contributed by atoms with van der Waals surface area (Å²) in [7, 11) is 0. The molecule has 76 valence electrons. The summed E-state index contributed by atoms with van der Waals surface area (Å²) in [5, 5.41) is 6.85. The average Bonchev–Trinajstić information content (AvgIpc) is 2.02. The second-order valence-electron chi connectivity index (χ2n) is 2.21. The molecule has 0 spiro atoms. The Morgan fingerprint density at radius 1 is 1.36 bits per heavy atom. The first-order valence-corrected chi connectivity index (χ1v) is 3.90. The van der Waals surface area contributed by atoms with Crippen molar-refractivity contribution in [1.82, 2.24) is 9.97 Å². The number of aliphatic carboxylic acids is 1. The maximum absolute atomic E-state index is 13.0. The molecular weight excluding hydrogens is 241 g/mol. The van der Waals surface area contributed by atoms with Gasteiger partial charge in [-0.15, -0.1) is 0 Å². The third-order valence-corrected chi connectivity index (χ3v) is 1.91. The summed E-state index contributed by atoms with van der Waals surface area (Å²) >= 11 is 10.6. The van der Waals surface area contributed by atoms with E-state index >= 15 is 0 Å². The van der Waals surface area contributed by atoms with E-state index in [1.165, 1.54) is 0 Å². The van der Waals surface area contributed by atoms with Crippen molar-refractivity contribution in [2.45, 2.75) is 5.92 Å². The second kappa shape index (κ2) is 3.62. The van der Waals surface area contributed by atoms with Gasteiger partial charge in [-0.2, -0.15) is 8.78 Å². The fourth-order valence-electron chi connectivity index (χ4n) is 0.710. The predicted molar refractivity (Wildman–Crippen MR) is 43.6 cm³/mol. The summed E-state index contributed by atoms with van der Waals surface area (Å²) < 4.78 is 25.9. The number of carboxylic acid groups (broad SMARTS) is 1. The lowest BCUT2D eigenvalue weighted by Crippen LogP contribution is -2.26. The van der Waals surface area contributed by atoms with E-state index in [-0.39, 0.29) is 0 Å². The standard InChI is InChI=1S/C6H2Cl2F2N2O2/c7-3-2(4(8)12-1-11-3)6(9,10)5(13)14/h1H,(H,13,14). The van der Waals surface area contributed by atoms with Gasteiger partial charge < -0.3 is 5.11 Å². The Bertz CT molecular complexity index is 366. The highest BCUT2D eigenvalue weighted by atomic mass is 35.5. The first kappa shape index (κ1) is 11.1. The Morgan fingerprint density at radius 3 is 2.14 bits per heavy atom. The van der Waals surface area contributed by atoms with Gasteiger partial charge in [-0.3, -0.25) is 0 Å². The minimum Gasteiger partial charge on any atom is -0.477 e. The fraction of sp³-hybridized carbons (Fsp3) is 0.167. The SMILES string of the molecule is O=C(O)C(F)(F)c1c(Cl)ncnc1Cl. The molecule has 1 heterocycles. The van der Waals surface area contributed by atoms with Crippen LogP contribution in [0.4, 0.5) is 8.78 Å². The first-order valence-electron chi connectivity index (χ1n) is 3.15. The number of aromatic nitrogens is 2. The van der Waals surface area contributed by atoms with Crippen molar-refractivity contribution in [2.24, 2.45) is 0 Å². The lowest BCUT2D eigenvalue weighted by atomic mass is 10.2. The molecule has 1 N–H and O–H groups in total. The summed E-state index contributed by atoms with van der Waals surface area (Å²) in [5.74, 6) is -6.56. The van der Waals surface area contributed by atoms with Gasteiger partial charge in [-0.25, -0.2) is 14.8 Å². The van der Waals surface area contributed by atoms with Gasteiger partial charge in [0.1, 0.15) is 22.2 Å². The monoisotopic (exact) mass is 242 g/mol. The molecule has 0 aromatic carbocycles. The van der Waals surface area contributed by atoms with Gasteiger partial charge in [0.15, 0.2) is 0 Å². The van der Waals surface area contributed by atoms with Crippen LogP contribution in [0.3, 0.4) is 0 Å². The van der Waals surface area contributed by atoms with Gasteiger partial charge in [0, 0.05) is 0 Å². The number of hydrogen-bond acceptors (Lipinski definition) is 3. The molecule has 14 heavy (non-hydrogen) atoms. The van der Waals surface area contributed by atoms with Gasteiger partial charge in [-0.05, 0) is 0 Å². The molecule has 0 atom stereocenters. The molecular formula is C6H2Cl2F2N2O2. The fourth-order valence-corrected chi connectivity index (χ4v) is 1.26. The Morgan fingerprint density at radius 2 is 1.79 bits per heavy atom. The number of carbonyl (C=O) groups is 1. The van der Waals surface area contributed by atoms with Crippen LogP contribution in [0.5, 0.6) is 0 Å². The van der Waals surface area contributed by atoms with Crippen LogP contribution >= 0.6 is 23.2 Å². The van der Waals surface area contributed by atoms with Crippen molar-refractivity contribution in [3.8, 4) is 0 Å². The van der Waals surface area contributed by atoms with E-state index in [4.69, 9.17) is 28.3 Å². The molecule has 1 aromatic rings. The molecule has 0 aliphatic rings.